The molecular weight excluding hydrogens is 379 g/mol. The summed E-state index contributed by atoms with van der Waals surface area (Å²) in [6.45, 7) is 3.38. The molecule has 0 fully saturated rings. The van der Waals surface area contributed by atoms with Crippen molar-refractivity contribution in [2.45, 2.75) is 0 Å². The third-order valence-corrected chi connectivity index (χ3v) is 3.35. The van der Waals surface area contributed by atoms with Crippen LogP contribution in [-0.4, -0.2) is 11.8 Å². The van der Waals surface area contributed by atoms with Gasteiger partial charge in [0.2, 0.25) is 5.91 Å². The number of carbonyl (C=O) groups is 2. The van der Waals surface area contributed by atoms with Crippen molar-refractivity contribution in [2.75, 3.05) is 10.6 Å². The van der Waals surface area contributed by atoms with Crippen LogP contribution in [0.3, 0.4) is 0 Å². The SMILES string of the molecule is C=CC(=O)Nc1ccc(C(=O)Nc2cccc(I)c2)cc1. The molecule has 0 bridgehead atoms. The molecule has 2 aromatic rings. The zero-order valence-corrected chi connectivity index (χ0v) is 13.3. The number of rotatable bonds is 4. The summed E-state index contributed by atoms with van der Waals surface area (Å²) in [4.78, 5) is 23.3. The molecule has 2 N–H and O–H groups in total. The van der Waals surface area contributed by atoms with Gasteiger partial charge in [-0.2, -0.15) is 0 Å². The van der Waals surface area contributed by atoms with Crippen LogP contribution in [0, 0.1) is 3.57 Å². The van der Waals surface area contributed by atoms with Crippen molar-refractivity contribution in [3.05, 3.63) is 70.3 Å². The Morgan fingerprint density at radius 2 is 1.71 bits per heavy atom. The predicted octanol–water partition coefficient (Wildman–Crippen LogP) is 3.67. The summed E-state index contributed by atoms with van der Waals surface area (Å²) >= 11 is 2.19. The summed E-state index contributed by atoms with van der Waals surface area (Å²) in [5.41, 5.74) is 1.88. The lowest BCUT2D eigenvalue weighted by molar-refractivity contribution is -0.111. The highest BCUT2D eigenvalue weighted by Crippen LogP contribution is 2.15. The van der Waals surface area contributed by atoms with E-state index < -0.39 is 0 Å². The molecule has 0 spiro atoms. The average Bonchev–Trinajstić information content (AvgIpc) is 2.47. The Bertz CT molecular complexity index is 681. The molecule has 0 saturated carbocycles. The van der Waals surface area contributed by atoms with Crippen LogP contribution in [0.25, 0.3) is 0 Å². The molecule has 2 aromatic carbocycles. The number of hydrogen-bond donors (Lipinski definition) is 2. The molecule has 2 rings (SSSR count). The van der Waals surface area contributed by atoms with Gasteiger partial charge in [0.1, 0.15) is 0 Å². The summed E-state index contributed by atoms with van der Waals surface area (Å²) in [6.07, 6.45) is 1.19. The minimum Gasteiger partial charge on any atom is -0.323 e. The van der Waals surface area contributed by atoms with E-state index in [-0.39, 0.29) is 11.8 Å². The lowest BCUT2D eigenvalue weighted by atomic mass is 10.2. The second-order valence-electron chi connectivity index (χ2n) is 4.24. The Morgan fingerprint density at radius 1 is 1.00 bits per heavy atom. The van der Waals surface area contributed by atoms with Gasteiger partial charge in [-0.3, -0.25) is 9.59 Å². The van der Waals surface area contributed by atoms with Crippen LogP contribution in [0.1, 0.15) is 10.4 Å². The summed E-state index contributed by atoms with van der Waals surface area (Å²) in [5.74, 6) is -0.482. The van der Waals surface area contributed by atoms with E-state index in [9.17, 15) is 9.59 Å². The maximum Gasteiger partial charge on any atom is 0.255 e. The molecule has 2 amide bonds. The smallest absolute Gasteiger partial charge is 0.255 e. The highest BCUT2D eigenvalue weighted by molar-refractivity contribution is 14.1. The summed E-state index contributed by atoms with van der Waals surface area (Å²) in [7, 11) is 0. The average molecular weight is 392 g/mol. The fraction of sp³-hybridized carbons (Fsp3) is 0. The zero-order valence-electron chi connectivity index (χ0n) is 11.1. The number of anilines is 2. The van der Waals surface area contributed by atoms with Crippen molar-refractivity contribution < 1.29 is 9.59 Å². The first-order chi connectivity index (χ1) is 10.1. The largest absolute Gasteiger partial charge is 0.323 e. The molecular formula is C16H13IN2O2. The lowest BCUT2D eigenvalue weighted by Crippen LogP contribution is -2.12. The topological polar surface area (TPSA) is 58.2 Å². The van der Waals surface area contributed by atoms with E-state index in [4.69, 9.17) is 0 Å². The van der Waals surface area contributed by atoms with Crippen molar-refractivity contribution in [1.29, 1.82) is 0 Å². The Balaban J connectivity index is 2.06. The van der Waals surface area contributed by atoms with Crippen LogP contribution in [0.2, 0.25) is 0 Å². The van der Waals surface area contributed by atoms with Gasteiger partial charge in [-0.15, -0.1) is 0 Å². The maximum absolute atomic E-state index is 12.1. The highest BCUT2D eigenvalue weighted by atomic mass is 127. The number of carbonyl (C=O) groups excluding carboxylic acids is 2. The number of nitrogens with one attached hydrogen (secondary N) is 2. The first-order valence-corrected chi connectivity index (χ1v) is 7.27. The van der Waals surface area contributed by atoms with Crippen molar-refractivity contribution >= 4 is 45.8 Å². The number of benzene rings is 2. The van der Waals surface area contributed by atoms with Gasteiger partial charge in [-0.25, -0.2) is 0 Å². The van der Waals surface area contributed by atoms with Crippen LogP contribution in [-0.2, 0) is 4.79 Å². The molecule has 0 unspecified atom stereocenters. The molecule has 106 valence electrons. The quantitative estimate of drug-likeness (QED) is 0.616. The first kappa shape index (κ1) is 15.2. The Hall–Kier alpha value is -2.15. The molecule has 0 atom stereocenters. The number of halogens is 1. The van der Waals surface area contributed by atoms with Gasteiger partial charge in [0.25, 0.3) is 5.91 Å². The van der Waals surface area contributed by atoms with Gasteiger partial charge in [0, 0.05) is 20.5 Å². The van der Waals surface area contributed by atoms with Gasteiger partial charge in [-0.05, 0) is 71.1 Å². The fourth-order valence-electron chi connectivity index (χ4n) is 1.67. The van der Waals surface area contributed by atoms with Crippen molar-refractivity contribution in [3.8, 4) is 0 Å². The van der Waals surface area contributed by atoms with E-state index in [2.05, 4.69) is 39.8 Å². The Labute approximate surface area is 136 Å². The van der Waals surface area contributed by atoms with E-state index in [1.807, 2.05) is 24.3 Å². The standard InChI is InChI=1S/C16H13IN2O2/c1-2-15(20)18-13-8-6-11(7-9-13)16(21)19-14-5-3-4-12(17)10-14/h2-10H,1H2,(H,18,20)(H,19,21). The third kappa shape index (κ3) is 4.42. The molecule has 0 aliphatic heterocycles. The predicted molar refractivity (Wildman–Crippen MR) is 92.4 cm³/mol. The molecule has 5 heteroatoms. The van der Waals surface area contributed by atoms with Gasteiger partial charge in [0.15, 0.2) is 0 Å². The molecule has 21 heavy (non-hydrogen) atoms. The number of amides is 2. The summed E-state index contributed by atoms with van der Waals surface area (Å²) in [5, 5.41) is 5.45. The van der Waals surface area contributed by atoms with E-state index in [0.717, 1.165) is 9.26 Å². The van der Waals surface area contributed by atoms with Gasteiger partial charge in [0.05, 0.1) is 0 Å². The Morgan fingerprint density at radius 3 is 2.33 bits per heavy atom. The minimum absolute atomic E-state index is 0.196. The van der Waals surface area contributed by atoms with Gasteiger partial charge < -0.3 is 10.6 Å². The second kappa shape index (κ2) is 7.03. The van der Waals surface area contributed by atoms with Gasteiger partial charge in [-0.1, -0.05) is 12.6 Å². The monoisotopic (exact) mass is 392 g/mol. The third-order valence-electron chi connectivity index (χ3n) is 2.68. The van der Waals surface area contributed by atoms with E-state index >= 15 is 0 Å². The minimum atomic E-state index is -0.286. The number of hydrogen-bond acceptors (Lipinski definition) is 2. The van der Waals surface area contributed by atoms with Crippen molar-refractivity contribution in [1.82, 2.24) is 0 Å². The van der Waals surface area contributed by atoms with Crippen molar-refractivity contribution in [2.24, 2.45) is 0 Å². The fourth-order valence-corrected chi connectivity index (χ4v) is 2.21. The molecule has 0 aromatic heterocycles. The summed E-state index contributed by atoms with van der Waals surface area (Å²) < 4.78 is 1.05. The highest BCUT2D eigenvalue weighted by Gasteiger charge is 2.06. The molecule has 0 aliphatic carbocycles. The second-order valence-corrected chi connectivity index (χ2v) is 5.48. The van der Waals surface area contributed by atoms with Crippen LogP contribution >= 0.6 is 22.6 Å². The normalized spacial score (nSPS) is 9.76. The van der Waals surface area contributed by atoms with E-state index in [0.29, 0.717) is 11.3 Å². The molecule has 0 aliphatic rings. The summed E-state index contributed by atoms with van der Waals surface area (Å²) in [6, 6.07) is 14.2. The first-order valence-electron chi connectivity index (χ1n) is 6.19. The molecule has 4 nitrogen and oxygen atoms in total. The molecule has 0 heterocycles. The Kier molecular flexibility index (Phi) is 5.10. The van der Waals surface area contributed by atoms with Crippen LogP contribution in [0.15, 0.2) is 61.2 Å². The van der Waals surface area contributed by atoms with Crippen LogP contribution < -0.4 is 10.6 Å². The van der Waals surface area contributed by atoms with Crippen LogP contribution in [0.5, 0.6) is 0 Å². The van der Waals surface area contributed by atoms with Crippen LogP contribution in [0.4, 0.5) is 11.4 Å². The maximum atomic E-state index is 12.1. The van der Waals surface area contributed by atoms with Crippen molar-refractivity contribution in [3.63, 3.8) is 0 Å². The van der Waals surface area contributed by atoms with E-state index in [1.165, 1.54) is 6.08 Å². The molecule has 0 saturated heterocycles. The van der Waals surface area contributed by atoms with Gasteiger partial charge >= 0.3 is 0 Å². The zero-order chi connectivity index (χ0) is 15.2. The van der Waals surface area contributed by atoms with E-state index in [1.54, 1.807) is 24.3 Å². The lowest BCUT2D eigenvalue weighted by Gasteiger charge is -2.07. The molecule has 0 radical (unpaired) electrons.